The zero-order valence-electron chi connectivity index (χ0n) is 25.4. The van der Waals surface area contributed by atoms with Crippen molar-refractivity contribution >= 4 is 21.5 Å². The number of rotatable bonds is 2. The number of aryl methyl sites for hydroxylation is 6. The van der Waals surface area contributed by atoms with Crippen LogP contribution in [0.1, 0.15) is 33.4 Å². The molecule has 45 heavy (non-hydrogen) atoms. The van der Waals surface area contributed by atoms with Crippen molar-refractivity contribution in [3.8, 4) is 33.6 Å². The predicted octanol–water partition coefficient (Wildman–Crippen LogP) is 9.88. The molecule has 0 aliphatic heterocycles. The average molecular weight is 757 g/mol. The summed E-state index contributed by atoms with van der Waals surface area (Å²) in [5.41, 5.74) is 15.6. The van der Waals surface area contributed by atoms with E-state index in [1.165, 1.54) is 66.1 Å². The van der Waals surface area contributed by atoms with Crippen molar-refractivity contribution in [2.24, 2.45) is 0 Å². The molecule has 0 N–H and O–H groups in total. The van der Waals surface area contributed by atoms with E-state index in [1.54, 1.807) is 0 Å². The van der Waals surface area contributed by atoms with Gasteiger partial charge >= 0.3 is 0 Å². The topological polar surface area (TPSA) is 25.8 Å². The summed E-state index contributed by atoms with van der Waals surface area (Å²) in [5, 5.41) is 5.05. The Morgan fingerprint density at radius 1 is 0.578 bits per heavy atom. The quantitative estimate of drug-likeness (QED) is 0.130. The molecule has 0 fully saturated rings. The fourth-order valence-electron chi connectivity index (χ4n) is 7.01. The smallest absolute Gasteiger partial charge is 0.0167 e. The van der Waals surface area contributed by atoms with Crippen LogP contribution in [0.5, 0.6) is 0 Å². The molecule has 0 amide bonds. The van der Waals surface area contributed by atoms with Crippen LogP contribution < -0.4 is 0 Å². The van der Waals surface area contributed by atoms with E-state index in [2.05, 4.69) is 110 Å². The van der Waals surface area contributed by atoms with Gasteiger partial charge in [0.15, 0.2) is 0 Å². The molecule has 2 heterocycles. The van der Waals surface area contributed by atoms with Crippen LogP contribution in [-0.2, 0) is 45.8 Å². The van der Waals surface area contributed by atoms with Crippen LogP contribution in [0, 0.1) is 26.0 Å². The summed E-state index contributed by atoms with van der Waals surface area (Å²) < 4.78 is 0. The van der Waals surface area contributed by atoms with Gasteiger partial charge in [-0.25, -0.2) is 0 Å². The minimum absolute atomic E-state index is 0. The first-order chi connectivity index (χ1) is 21.6. The molecule has 2 aliphatic rings. The van der Waals surface area contributed by atoms with E-state index in [9.17, 15) is 0 Å². The Hall–Kier alpha value is -4.43. The largest absolute Gasteiger partial charge is 0.305 e. The summed E-state index contributed by atoms with van der Waals surface area (Å²) in [6, 6.07) is 41.5. The minimum atomic E-state index is 0. The van der Waals surface area contributed by atoms with Gasteiger partial charge in [-0.1, -0.05) is 84.3 Å². The third-order valence-electron chi connectivity index (χ3n) is 9.10. The van der Waals surface area contributed by atoms with Gasteiger partial charge in [0, 0.05) is 32.5 Å². The monoisotopic (exact) mass is 757 g/mol. The molecule has 7 aromatic rings. The van der Waals surface area contributed by atoms with Crippen molar-refractivity contribution in [2.45, 2.75) is 39.5 Å². The van der Waals surface area contributed by atoms with Gasteiger partial charge in [0.05, 0.1) is 0 Å². The molecular formula is C42H32IrN2-2. The third kappa shape index (κ3) is 5.41. The number of pyridine rings is 2. The van der Waals surface area contributed by atoms with Crippen LogP contribution >= 0.6 is 0 Å². The van der Waals surface area contributed by atoms with Crippen molar-refractivity contribution in [2.75, 3.05) is 0 Å². The van der Waals surface area contributed by atoms with Gasteiger partial charge in [0.2, 0.25) is 0 Å². The molecule has 9 rings (SSSR count). The van der Waals surface area contributed by atoms with Crippen LogP contribution in [0.2, 0.25) is 0 Å². The predicted molar refractivity (Wildman–Crippen MR) is 182 cm³/mol. The molecule has 1 radical (unpaired) electrons. The Bertz CT molecular complexity index is 2120. The van der Waals surface area contributed by atoms with Crippen LogP contribution in [-0.4, -0.2) is 9.97 Å². The minimum Gasteiger partial charge on any atom is -0.305 e. The van der Waals surface area contributed by atoms with Crippen LogP contribution in [0.4, 0.5) is 0 Å². The van der Waals surface area contributed by atoms with Crippen LogP contribution in [0.3, 0.4) is 0 Å². The molecule has 2 aliphatic carbocycles. The maximum atomic E-state index is 4.84. The van der Waals surface area contributed by atoms with E-state index in [0.717, 1.165) is 48.2 Å². The third-order valence-corrected chi connectivity index (χ3v) is 9.10. The first kappa shape index (κ1) is 29.3. The number of benzene rings is 5. The first-order valence-corrected chi connectivity index (χ1v) is 15.5. The van der Waals surface area contributed by atoms with Gasteiger partial charge in [-0.3, -0.25) is 0 Å². The van der Waals surface area contributed by atoms with Crippen LogP contribution in [0.15, 0.2) is 109 Å². The van der Waals surface area contributed by atoms with Crippen molar-refractivity contribution in [3.63, 3.8) is 0 Å². The zero-order valence-corrected chi connectivity index (χ0v) is 27.8. The molecule has 5 aromatic carbocycles. The van der Waals surface area contributed by atoms with E-state index in [0.29, 0.717) is 0 Å². The Labute approximate surface area is 278 Å². The van der Waals surface area contributed by atoms with Crippen molar-refractivity contribution in [3.05, 3.63) is 155 Å². The number of nitrogens with zero attached hydrogens (tertiary/aromatic N) is 2. The van der Waals surface area contributed by atoms with Gasteiger partial charge in [-0.05, 0) is 88.8 Å². The number of fused-ring (bicyclic) bond motifs is 3. The SMILES string of the molecule is Cc1cc[c-]c(-c2cc(C)ccn2)c1.[Ir].[c-]1c(-c2nccc3c2ccc2ccccc23)cc2c3c1CCc1cccc(c1-3)CC2. The first-order valence-electron chi connectivity index (χ1n) is 15.5. The molecule has 0 unspecified atom stereocenters. The second kappa shape index (κ2) is 12.2. The van der Waals surface area contributed by atoms with Crippen molar-refractivity contribution in [1.29, 1.82) is 0 Å². The van der Waals surface area contributed by atoms with Gasteiger partial charge < -0.3 is 9.97 Å². The van der Waals surface area contributed by atoms with Gasteiger partial charge in [-0.2, -0.15) is 0 Å². The van der Waals surface area contributed by atoms with E-state index < -0.39 is 0 Å². The molecule has 0 atom stereocenters. The number of aromatic nitrogens is 2. The summed E-state index contributed by atoms with van der Waals surface area (Å²) in [6.45, 7) is 4.15. The van der Waals surface area contributed by atoms with E-state index in [1.807, 2.05) is 30.6 Å². The summed E-state index contributed by atoms with van der Waals surface area (Å²) in [6.07, 6.45) is 8.21. The van der Waals surface area contributed by atoms with E-state index in [-0.39, 0.29) is 20.1 Å². The van der Waals surface area contributed by atoms with Gasteiger partial charge in [-0.15, -0.1) is 64.2 Å². The molecule has 2 aromatic heterocycles. The Kier molecular flexibility index (Phi) is 7.92. The Morgan fingerprint density at radius 2 is 1.36 bits per heavy atom. The summed E-state index contributed by atoms with van der Waals surface area (Å²) in [5.74, 6) is 0. The maximum Gasteiger partial charge on any atom is 0.0167 e. The fraction of sp³-hybridized carbons (Fsp3) is 0.143. The normalized spacial score (nSPS) is 12.6. The molecule has 0 bridgehead atoms. The molecule has 0 saturated heterocycles. The van der Waals surface area contributed by atoms with Crippen molar-refractivity contribution < 1.29 is 20.1 Å². The zero-order chi connectivity index (χ0) is 29.6. The molecule has 3 heteroatoms. The molecule has 0 saturated carbocycles. The van der Waals surface area contributed by atoms with Gasteiger partial charge in [0.1, 0.15) is 0 Å². The fourth-order valence-corrected chi connectivity index (χ4v) is 7.01. The molecule has 2 nitrogen and oxygen atoms in total. The average Bonchev–Trinajstić information content (AvgIpc) is 3.07. The molecule has 0 spiro atoms. The van der Waals surface area contributed by atoms with Crippen LogP contribution in [0.25, 0.3) is 55.2 Å². The standard InChI is InChI=1S/C29H20N.C13H12N.Ir/c1-2-7-24-18(4-1)12-13-26-25(24)14-15-30-29(26)23-16-21-10-8-19-5-3-6-20-9-11-22(17-23)28(21)27(19)20;1-10-4-3-5-12(8-10)13-9-11(2)6-7-14-13;/h1-7,12-16H,8-11H2;3-4,6-9H,1-2H3;/q2*-1;. The second-order valence-electron chi connectivity index (χ2n) is 12.1. The van der Waals surface area contributed by atoms with E-state index >= 15 is 0 Å². The van der Waals surface area contributed by atoms with Crippen molar-refractivity contribution in [1.82, 2.24) is 9.97 Å². The maximum absolute atomic E-state index is 4.84. The summed E-state index contributed by atoms with van der Waals surface area (Å²) >= 11 is 0. The van der Waals surface area contributed by atoms with E-state index in [4.69, 9.17) is 4.98 Å². The molecular weight excluding hydrogens is 725 g/mol. The number of hydrogen-bond acceptors (Lipinski definition) is 2. The van der Waals surface area contributed by atoms with Gasteiger partial charge in [0.25, 0.3) is 0 Å². The Morgan fingerprint density at radius 3 is 2.20 bits per heavy atom. The number of hydrogen-bond donors (Lipinski definition) is 0. The summed E-state index contributed by atoms with van der Waals surface area (Å²) in [7, 11) is 0. The molecule has 221 valence electrons. The second-order valence-corrected chi connectivity index (χ2v) is 12.1. The Balaban J connectivity index is 0.000000184. The summed E-state index contributed by atoms with van der Waals surface area (Å²) in [4.78, 5) is 9.16.